The first-order chi connectivity index (χ1) is 11.0. The molecule has 0 saturated carbocycles. The third-order valence-corrected chi connectivity index (χ3v) is 4.11. The quantitative estimate of drug-likeness (QED) is 0.906. The van der Waals surface area contributed by atoms with Crippen LogP contribution in [-0.2, 0) is 11.3 Å². The van der Waals surface area contributed by atoms with Crippen LogP contribution in [0.4, 0.5) is 0 Å². The van der Waals surface area contributed by atoms with Crippen LogP contribution in [0.2, 0.25) is 0 Å². The summed E-state index contributed by atoms with van der Waals surface area (Å²) in [6.07, 6.45) is 1.35. The summed E-state index contributed by atoms with van der Waals surface area (Å²) in [7, 11) is 0. The SMILES string of the molecule is C[C@@H]1CN(C[C@H](O)Cn2ncc3ccccc3c2=O)C[C@@H](C)O1. The summed E-state index contributed by atoms with van der Waals surface area (Å²) >= 11 is 0. The van der Waals surface area contributed by atoms with Gasteiger partial charge in [0.1, 0.15) is 0 Å². The highest BCUT2D eigenvalue weighted by Crippen LogP contribution is 2.11. The van der Waals surface area contributed by atoms with Crippen molar-refractivity contribution in [1.29, 1.82) is 0 Å². The van der Waals surface area contributed by atoms with E-state index in [-0.39, 0.29) is 24.3 Å². The number of aliphatic hydroxyl groups excluding tert-OH is 1. The van der Waals surface area contributed by atoms with Crippen LogP contribution in [0, 0.1) is 0 Å². The molecule has 1 aliphatic rings. The second-order valence-corrected chi connectivity index (χ2v) is 6.35. The third-order valence-electron chi connectivity index (χ3n) is 4.11. The monoisotopic (exact) mass is 317 g/mol. The van der Waals surface area contributed by atoms with Crippen molar-refractivity contribution in [3.8, 4) is 0 Å². The molecule has 1 aromatic carbocycles. The normalized spacial score (nSPS) is 24.0. The van der Waals surface area contributed by atoms with E-state index in [0.29, 0.717) is 11.9 Å². The summed E-state index contributed by atoms with van der Waals surface area (Å²) in [5.74, 6) is 0. The smallest absolute Gasteiger partial charge is 0.274 e. The van der Waals surface area contributed by atoms with E-state index in [1.54, 1.807) is 12.3 Å². The zero-order valence-electron chi connectivity index (χ0n) is 13.6. The average molecular weight is 317 g/mol. The fraction of sp³-hybridized carbons (Fsp3) is 0.529. The van der Waals surface area contributed by atoms with E-state index in [1.807, 2.05) is 32.0 Å². The molecule has 6 heteroatoms. The molecule has 1 fully saturated rings. The Morgan fingerprint density at radius 1 is 1.26 bits per heavy atom. The minimum atomic E-state index is -0.640. The molecule has 1 aliphatic heterocycles. The number of fused-ring (bicyclic) bond motifs is 1. The number of rotatable bonds is 4. The lowest BCUT2D eigenvalue weighted by Crippen LogP contribution is -2.48. The van der Waals surface area contributed by atoms with Gasteiger partial charge >= 0.3 is 0 Å². The van der Waals surface area contributed by atoms with Crippen molar-refractivity contribution in [3.63, 3.8) is 0 Å². The maximum absolute atomic E-state index is 12.4. The topological polar surface area (TPSA) is 67.6 Å². The maximum Gasteiger partial charge on any atom is 0.274 e. The minimum Gasteiger partial charge on any atom is -0.390 e. The first kappa shape index (κ1) is 16.1. The largest absolute Gasteiger partial charge is 0.390 e. The van der Waals surface area contributed by atoms with E-state index >= 15 is 0 Å². The fourth-order valence-electron chi connectivity index (χ4n) is 3.25. The fourth-order valence-corrected chi connectivity index (χ4v) is 3.25. The molecule has 23 heavy (non-hydrogen) atoms. The van der Waals surface area contributed by atoms with Crippen molar-refractivity contribution in [2.45, 2.75) is 38.7 Å². The Kier molecular flexibility index (Phi) is 4.75. The highest BCUT2D eigenvalue weighted by molar-refractivity contribution is 5.80. The number of ether oxygens (including phenoxy) is 1. The van der Waals surface area contributed by atoms with Gasteiger partial charge in [0, 0.05) is 25.0 Å². The highest BCUT2D eigenvalue weighted by Gasteiger charge is 2.24. The van der Waals surface area contributed by atoms with Gasteiger partial charge in [0.2, 0.25) is 0 Å². The van der Waals surface area contributed by atoms with Gasteiger partial charge in [0.15, 0.2) is 0 Å². The maximum atomic E-state index is 12.4. The van der Waals surface area contributed by atoms with Crippen LogP contribution in [0.15, 0.2) is 35.3 Å². The number of hydrogen-bond acceptors (Lipinski definition) is 5. The summed E-state index contributed by atoms with van der Waals surface area (Å²) in [5.41, 5.74) is -0.161. The number of β-amino-alcohol motifs (C(OH)–C–C–N with tert-alkyl or cyclic N) is 1. The highest BCUT2D eigenvalue weighted by atomic mass is 16.5. The molecule has 1 N–H and O–H groups in total. The summed E-state index contributed by atoms with van der Waals surface area (Å²) in [6.45, 7) is 6.36. The van der Waals surface area contributed by atoms with Gasteiger partial charge < -0.3 is 9.84 Å². The Balaban J connectivity index is 1.69. The van der Waals surface area contributed by atoms with Gasteiger partial charge in [-0.1, -0.05) is 18.2 Å². The standard InChI is InChI=1S/C17H23N3O3/c1-12-8-19(9-13(2)23-12)10-15(21)11-20-17(22)16-6-4-3-5-14(16)7-18-20/h3-7,12-13,15,21H,8-11H2,1-2H3/t12-,13-,15+/m1/s1. The van der Waals surface area contributed by atoms with Crippen LogP contribution in [0.3, 0.4) is 0 Å². The Morgan fingerprint density at radius 3 is 2.70 bits per heavy atom. The molecule has 0 bridgehead atoms. The van der Waals surface area contributed by atoms with E-state index in [0.717, 1.165) is 18.5 Å². The van der Waals surface area contributed by atoms with Crippen LogP contribution >= 0.6 is 0 Å². The lowest BCUT2D eigenvalue weighted by atomic mass is 10.2. The predicted octanol–water partition coefficient (Wildman–Crippen LogP) is 0.867. The summed E-state index contributed by atoms with van der Waals surface area (Å²) < 4.78 is 7.04. The molecular weight excluding hydrogens is 294 g/mol. The molecule has 0 radical (unpaired) electrons. The van der Waals surface area contributed by atoms with Crippen molar-refractivity contribution in [2.24, 2.45) is 0 Å². The third kappa shape index (κ3) is 3.77. The Bertz CT molecular complexity index is 720. The minimum absolute atomic E-state index is 0.160. The molecule has 1 aromatic heterocycles. The Morgan fingerprint density at radius 2 is 1.96 bits per heavy atom. The van der Waals surface area contributed by atoms with Crippen molar-refractivity contribution < 1.29 is 9.84 Å². The Labute approximate surface area is 135 Å². The molecule has 0 spiro atoms. The van der Waals surface area contributed by atoms with Gasteiger partial charge in [0.05, 0.1) is 36.4 Å². The van der Waals surface area contributed by atoms with Gasteiger partial charge in [-0.05, 0) is 19.9 Å². The number of morpholine rings is 1. The number of benzene rings is 1. The van der Waals surface area contributed by atoms with Gasteiger partial charge in [-0.15, -0.1) is 0 Å². The van der Waals surface area contributed by atoms with E-state index in [9.17, 15) is 9.90 Å². The van der Waals surface area contributed by atoms with Crippen molar-refractivity contribution in [2.75, 3.05) is 19.6 Å². The molecule has 3 rings (SSSR count). The van der Waals surface area contributed by atoms with Crippen molar-refractivity contribution in [1.82, 2.24) is 14.7 Å². The van der Waals surface area contributed by atoms with E-state index in [2.05, 4.69) is 10.00 Å². The second-order valence-electron chi connectivity index (χ2n) is 6.35. The van der Waals surface area contributed by atoms with E-state index in [4.69, 9.17) is 4.74 Å². The molecule has 0 amide bonds. The molecule has 2 aromatic rings. The molecule has 0 aliphatic carbocycles. The number of nitrogens with zero attached hydrogens (tertiary/aromatic N) is 3. The molecular formula is C17H23N3O3. The molecule has 2 heterocycles. The average Bonchev–Trinajstić information content (AvgIpc) is 2.49. The molecule has 3 atom stereocenters. The van der Waals surface area contributed by atoms with Gasteiger partial charge in [-0.2, -0.15) is 5.10 Å². The summed E-state index contributed by atoms with van der Waals surface area (Å²) in [5, 5.41) is 16.0. The van der Waals surface area contributed by atoms with E-state index in [1.165, 1.54) is 4.68 Å². The first-order valence-corrected chi connectivity index (χ1v) is 8.03. The number of hydrogen-bond donors (Lipinski definition) is 1. The Hall–Kier alpha value is -1.76. The van der Waals surface area contributed by atoms with Crippen LogP contribution in [0.1, 0.15) is 13.8 Å². The van der Waals surface area contributed by atoms with Crippen LogP contribution in [0.25, 0.3) is 10.8 Å². The number of aliphatic hydroxyl groups is 1. The van der Waals surface area contributed by atoms with Crippen LogP contribution < -0.4 is 5.56 Å². The van der Waals surface area contributed by atoms with Crippen LogP contribution in [-0.4, -0.2) is 57.7 Å². The second kappa shape index (κ2) is 6.78. The predicted molar refractivity (Wildman–Crippen MR) is 88.5 cm³/mol. The van der Waals surface area contributed by atoms with Crippen molar-refractivity contribution >= 4 is 10.8 Å². The lowest BCUT2D eigenvalue weighted by molar-refractivity contribution is -0.0774. The zero-order valence-corrected chi connectivity index (χ0v) is 13.6. The van der Waals surface area contributed by atoms with Gasteiger partial charge in [0.25, 0.3) is 5.56 Å². The number of aromatic nitrogens is 2. The molecule has 124 valence electrons. The summed E-state index contributed by atoms with van der Waals surface area (Å²) in [4.78, 5) is 14.6. The zero-order chi connectivity index (χ0) is 16.4. The lowest BCUT2D eigenvalue weighted by Gasteiger charge is -2.36. The molecule has 6 nitrogen and oxygen atoms in total. The molecule has 0 unspecified atom stereocenters. The van der Waals surface area contributed by atoms with Gasteiger partial charge in [-0.3, -0.25) is 9.69 Å². The van der Waals surface area contributed by atoms with Crippen LogP contribution in [0.5, 0.6) is 0 Å². The van der Waals surface area contributed by atoms with Gasteiger partial charge in [-0.25, -0.2) is 4.68 Å². The van der Waals surface area contributed by atoms with Crippen molar-refractivity contribution in [3.05, 3.63) is 40.8 Å². The molecule has 1 saturated heterocycles. The first-order valence-electron chi connectivity index (χ1n) is 8.03. The van der Waals surface area contributed by atoms with E-state index < -0.39 is 6.10 Å². The summed E-state index contributed by atoms with van der Waals surface area (Å²) in [6, 6.07) is 7.36.